The second-order valence-corrected chi connectivity index (χ2v) is 6.74. The molecular formula is C16H13N3O2S2. The Hall–Kier alpha value is -2.38. The SMILES string of the molecule is CC(=O)Nc1ccc(N=C2NC(=O)C(=Cc3cccs3)S2)cc1. The Kier molecular flexibility index (Phi) is 4.59. The minimum Gasteiger partial charge on any atom is -0.326 e. The van der Waals surface area contributed by atoms with E-state index < -0.39 is 0 Å². The molecule has 0 aliphatic carbocycles. The van der Waals surface area contributed by atoms with Gasteiger partial charge in [0, 0.05) is 17.5 Å². The van der Waals surface area contributed by atoms with Gasteiger partial charge in [-0.3, -0.25) is 9.59 Å². The van der Waals surface area contributed by atoms with E-state index in [0.29, 0.717) is 21.4 Å². The Labute approximate surface area is 141 Å². The number of anilines is 1. The lowest BCUT2D eigenvalue weighted by Gasteiger charge is -2.02. The molecule has 1 fully saturated rings. The number of nitrogens with zero attached hydrogens (tertiary/aromatic N) is 1. The van der Waals surface area contributed by atoms with Gasteiger partial charge in [-0.05, 0) is 53.5 Å². The van der Waals surface area contributed by atoms with Gasteiger partial charge in [-0.2, -0.15) is 0 Å². The van der Waals surface area contributed by atoms with Gasteiger partial charge in [0.15, 0.2) is 5.17 Å². The molecule has 0 radical (unpaired) electrons. The van der Waals surface area contributed by atoms with Crippen LogP contribution in [0.5, 0.6) is 0 Å². The average molecular weight is 343 g/mol. The van der Waals surface area contributed by atoms with Crippen LogP contribution in [0.1, 0.15) is 11.8 Å². The van der Waals surface area contributed by atoms with Crippen LogP contribution in [0.3, 0.4) is 0 Å². The van der Waals surface area contributed by atoms with Crippen molar-refractivity contribution in [1.29, 1.82) is 0 Å². The number of amidine groups is 1. The number of thiophene rings is 1. The molecule has 5 nitrogen and oxygen atoms in total. The number of hydrogen-bond acceptors (Lipinski definition) is 5. The number of benzene rings is 1. The Morgan fingerprint density at radius 3 is 2.70 bits per heavy atom. The van der Waals surface area contributed by atoms with Crippen LogP contribution in [0, 0.1) is 0 Å². The molecule has 0 spiro atoms. The summed E-state index contributed by atoms with van der Waals surface area (Å²) in [7, 11) is 0. The van der Waals surface area contributed by atoms with Gasteiger partial charge < -0.3 is 10.6 Å². The molecule has 1 aromatic heterocycles. The van der Waals surface area contributed by atoms with Gasteiger partial charge in [0.25, 0.3) is 5.91 Å². The normalized spacial score (nSPS) is 17.5. The summed E-state index contributed by atoms with van der Waals surface area (Å²) in [5.74, 6) is -0.261. The van der Waals surface area contributed by atoms with Crippen LogP contribution >= 0.6 is 23.1 Å². The van der Waals surface area contributed by atoms with Crippen molar-refractivity contribution in [3.8, 4) is 0 Å². The summed E-state index contributed by atoms with van der Waals surface area (Å²) in [6, 6.07) is 11.0. The maximum atomic E-state index is 12.0. The van der Waals surface area contributed by atoms with E-state index in [9.17, 15) is 9.59 Å². The van der Waals surface area contributed by atoms with E-state index in [-0.39, 0.29) is 11.8 Å². The molecule has 116 valence electrons. The molecule has 1 aliphatic heterocycles. The number of carbonyl (C=O) groups is 2. The fourth-order valence-corrected chi connectivity index (χ4v) is 3.49. The third-order valence-corrected chi connectivity index (χ3v) is 4.61. The van der Waals surface area contributed by atoms with Gasteiger partial charge in [0.05, 0.1) is 10.6 Å². The summed E-state index contributed by atoms with van der Waals surface area (Å²) >= 11 is 2.89. The van der Waals surface area contributed by atoms with Crippen LogP contribution in [0.2, 0.25) is 0 Å². The third-order valence-electron chi connectivity index (χ3n) is 2.89. The minimum atomic E-state index is -0.142. The Balaban J connectivity index is 1.74. The summed E-state index contributed by atoms with van der Waals surface area (Å²) in [6.07, 6.45) is 1.85. The first-order chi connectivity index (χ1) is 11.1. The number of carbonyl (C=O) groups excluding carboxylic acids is 2. The van der Waals surface area contributed by atoms with E-state index in [0.717, 1.165) is 4.88 Å². The van der Waals surface area contributed by atoms with Crippen LogP contribution < -0.4 is 10.6 Å². The second-order valence-electron chi connectivity index (χ2n) is 4.73. The van der Waals surface area contributed by atoms with Crippen molar-refractivity contribution >= 4 is 57.5 Å². The molecule has 1 aromatic carbocycles. The largest absolute Gasteiger partial charge is 0.326 e. The fourth-order valence-electron chi connectivity index (χ4n) is 1.92. The first-order valence-electron chi connectivity index (χ1n) is 6.81. The Morgan fingerprint density at radius 2 is 2.04 bits per heavy atom. The zero-order valence-corrected chi connectivity index (χ0v) is 13.8. The predicted molar refractivity (Wildman–Crippen MR) is 95.9 cm³/mol. The maximum Gasteiger partial charge on any atom is 0.264 e. The Morgan fingerprint density at radius 1 is 1.26 bits per heavy atom. The van der Waals surface area contributed by atoms with Crippen molar-refractivity contribution in [2.45, 2.75) is 6.92 Å². The number of hydrogen-bond donors (Lipinski definition) is 2. The predicted octanol–water partition coefficient (Wildman–Crippen LogP) is 3.60. The Bertz CT molecular complexity index is 793. The van der Waals surface area contributed by atoms with Gasteiger partial charge >= 0.3 is 0 Å². The first kappa shape index (κ1) is 15.5. The van der Waals surface area contributed by atoms with Gasteiger partial charge in [0.1, 0.15) is 0 Å². The van der Waals surface area contributed by atoms with Crippen molar-refractivity contribution in [3.05, 3.63) is 51.6 Å². The topological polar surface area (TPSA) is 70.6 Å². The first-order valence-corrected chi connectivity index (χ1v) is 8.50. The van der Waals surface area contributed by atoms with Crippen LogP contribution in [-0.2, 0) is 9.59 Å². The molecule has 0 atom stereocenters. The van der Waals surface area contributed by atoms with E-state index in [1.807, 2.05) is 23.6 Å². The highest BCUT2D eigenvalue weighted by atomic mass is 32.2. The molecule has 2 N–H and O–H groups in total. The zero-order valence-electron chi connectivity index (χ0n) is 12.2. The van der Waals surface area contributed by atoms with E-state index in [2.05, 4.69) is 15.6 Å². The van der Waals surface area contributed by atoms with Crippen LogP contribution in [-0.4, -0.2) is 17.0 Å². The van der Waals surface area contributed by atoms with E-state index in [4.69, 9.17) is 0 Å². The molecule has 23 heavy (non-hydrogen) atoms. The lowest BCUT2D eigenvalue weighted by atomic mass is 10.3. The standard InChI is InChI=1S/C16H13N3O2S2/c1-10(20)17-11-4-6-12(7-5-11)18-16-19-15(21)14(23-16)9-13-3-2-8-22-13/h2-9H,1H3,(H,17,20)(H,18,19,21). The number of nitrogens with one attached hydrogen (secondary N) is 2. The van der Waals surface area contributed by atoms with Crippen LogP contribution in [0.4, 0.5) is 11.4 Å². The number of thioether (sulfide) groups is 1. The summed E-state index contributed by atoms with van der Waals surface area (Å²) < 4.78 is 0. The molecule has 0 unspecified atom stereocenters. The molecule has 1 aliphatic rings. The van der Waals surface area contributed by atoms with Crippen molar-refractivity contribution in [2.75, 3.05) is 5.32 Å². The zero-order chi connectivity index (χ0) is 16.2. The van der Waals surface area contributed by atoms with Crippen molar-refractivity contribution in [3.63, 3.8) is 0 Å². The third kappa shape index (κ3) is 4.08. The van der Waals surface area contributed by atoms with E-state index >= 15 is 0 Å². The van der Waals surface area contributed by atoms with Gasteiger partial charge in [-0.15, -0.1) is 11.3 Å². The molecule has 2 aromatic rings. The quantitative estimate of drug-likeness (QED) is 0.837. The van der Waals surface area contributed by atoms with Gasteiger partial charge in [0.2, 0.25) is 5.91 Å². The van der Waals surface area contributed by atoms with Gasteiger partial charge in [-0.1, -0.05) is 6.07 Å². The van der Waals surface area contributed by atoms with Crippen molar-refractivity contribution < 1.29 is 9.59 Å². The molecular weight excluding hydrogens is 330 g/mol. The monoisotopic (exact) mass is 343 g/mol. The maximum absolute atomic E-state index is 12.0. The smallest absolute Gasteiger partial charge is 0.264 e. The molecule has 0 bridgehead atoms. The molecule has 0 saturated carbocycles. The molecule has 2 heterocycles. The highest BCUT2D eigenvalue weighted by molar-refractivity contribution is 8.18. The highest BCUT2D eigenvalue weighted by Crippen LogP contribution is 2.29. The molecule has 2 amide bonds. The molecule has 7 heteroatoms. The summed E-state index contributed by atoms with van der Waals surface area (Å²) in [5, 5.41) is 7.96. The minimum absolute atomic E-state index is 0.119. The van der Waals surface area contributed by atoms with Crippen LogP contribution in [0.15, 0.2) is 51.7 Å². The average Bonchev–Trinajstić information content (AvgIpc) is 3.12. The lowest BCUT2D eigenvalue weighted by molar-refractivity contribution is -0.115. The summed E-state index contributed by atoms with van der Waals surface area (Å²) in [6.45, 7) is 1.46. The van der Waals surface area contributed by atoms with Crippen molar-refractivity contribution in [1.82, 2.24) is 5.32 Å². The lowest BCUT2D eigenvalue weighted by Crippen LogP contribution is -2.19. The number of aliphatic imine (C=N–C) groups is 1. The second kappa shape index (κ2) is 6.80. The van der Waals surface area contributed by atoms with E-state index in [1.54, 1.807) is 35.6 Å². The highest BCUT2D eigenvalue weighted by Gasteiger charge is 2.23. The number of rotatable bonds is 3. The summed E-state index contributed by atoms with van der Waals surface area (Å²) in [5.41, 5.74) is 1.42. The molecule has 3 rings (SSSR count). The fraction of sp³-hybridized carbons (Fsp3) is 0.0625. The van der Waals surface area contributed by atoms with Crippen molar-refractivity contribution in [2.24, 2.45) is 4.99 Å². The summed E-state index contributed by atoms with van der Waals surface area (Å²) in [4.78, 5) is 29.0. The molecule has 1 saturated heterocycles. The van der Waals surface area contributed by atoms with Crippen LogP contribution in [0.25, 0.3) is 6.08 Å². The van der Waals surface area contributed by atoms with Gasteiger partial charge in [-0.25, -0.2) is 4.99 Å². The number of amides is 2. The van der Waals surface area contributed by atoms with E-state index in [1.165, 1.54) is 18.7 Å².